The molecule has 0 bridgehead atoms. The predicted molar refractivity (Wildman–Crippen MR) is 118 cm³/mol. The highest BCUT2D eigenvalue weighted by Crippen LogP contribution is 2.22. The van der Waals surface area contributed by atoms with Gasteiger partial charge in [-0.1, -0.05) is 38.8 Å². The van der Waals surface area contributed by atoms with Crippen LogP contribution in [0.25, 0.3) is 0 Å². The molecule has 2 N–H and O–H groups in total. The minimum atomic E-state index is 0. The van der Waals surface area contributed by atoms with Crippen LogP contribution in [-0.2, 0) is 0 Å². The Morgan fingerprint density at radius 1 is 1.16 bits per heavy atom. The number of methoxy groups -OCH3 is 1. The lowest BCUT2D eigenvalue weighted by atomic mass is 10.0. The number of ether oxygens (including phenoxy) is 1. The zero-order valence-electron chi connectivity index (χ0n) is 16.5. The van der Waals surface area contributed by atoms with E-state index in [1.165, 1.54) is 18.4 Å². The van der Waals surface area contributed by atoms with Crippen molar-refractivity contribution in [1.82, 2.24) is 15.5 Å². The summed E-state index contributed by atoms with van der Waals surface area (Å²) in [6.07, 6.45) is 2.37. The maximum Gasteiger partial charge on any atom is 0.191 e. The van der Waals surface area contributed by atoms with Gasteiger partial charge in [0, 0.05) is 20.1 Å². The van der Waals surface area contributed by atoms with Crippen LogP contribution in [0.2, 0.25) is 0 Å². The van der Waals surface area contributed by atoms with Gasteiger partial charge in [0.15, 0.2) is 5.96 Å². The van der Waals surface area contributed by atoms with Crippen molar-refractivity contribution in [2.45, 2.75) is 32.7 Å². The Morgan fingerprint density at radius 3 is 2.32 bits per heavy atom. The van der Waals surface area contributed by atoms with E-state index in [9.17, 15) is 0 Å². The van der Waals surface area contributed by atoms with Crippen LogP contribution in [0.1, 0.15) is 38.3 Å². The van der Waals surface area contributed by atoms with Crippen LogP contribution in [-0.4, -0.2) is 52.2 Å². The SMILES string of the molecule is CCC(CC)CNC(=NC)NCC(c1cccc(OC)c1)N(C)C.I. The normalized spacial score (nSPS) is 12.7. The van der Waals surface area contributed by atoms with Crippen molar-refractivity contribution in [2.24, 2.45) is 10.9 Å². The fourth-order valence-corrected chi connectivity index (χ4v) is 2.68. The summed E-state index contributed by atoms with van der Waals surface area (Å²) in [4.78, 5) is 6.54. The van der Waals surface area contributed by atoms with Crippen molar-refractivity contribution in [2.75, 3.05) is 41.3 Å². The Labute approximate surface area is 170 Å². The molecular formula is C19H35IN4O. The van der Waals surface area contributed by atoms with Crippen molar-refractivity contribution in [1.29, 1.82) is 0 Å². The molecule has 25 heavy (non-hydrogen) atoms. The van der Waals surface area contributed by atoms with Gasteiger partial charge >= 0.3 is 0 Å². The molecule has 0 radical (unpaired) electrons. The van der Waals surface area contributed by atoms with Crippen LogP contribution in [0, 0.1) is 5.92 Å². The van der Waals surface area contributed by atoms with E-state index >= 15 is 0 Å². The van der Waals surface area contributed by atoms with E-state index in [1.54, 1.807) is 7.11 Å². The van der Waals surface area contributed by atoms with Crippen LogP contribution < -0.4 is 15.4 Å². The Kier molecular flexibility index (Phi) is 12.7. The zero-order chi connectivity index (χ0) is 17.9. The van der Waals surface area contributed by atoms with E-state index in [1.807, 2.05) is 19.2 Å². The molecule has 1 unspecified atom stereocenters. The predicted octanol–water partition coefficient (Wildman–Crippen LogP) is 3.52. The molecule has 1 aromatic carbocycles. The Hall–Kier alpha value is -1.02. The fourth-order valence-electron chi connectivity index (χ4n) is 2.68. The first kappa shape index (κ1) is 24.0. The fraction of sp³-hybridized carbons (Fsp3) is 0.632. The molecule has 5 nitrogen and oxygen atoms in total. The third-order valence-electron chi connectivity index (χ3n) is 4.50. The summed E-state index contributed by atoms with van der Waals surface area (Å²) in [6.45, 7) is 6.20. The van der Waals surface area contributed by atoms with Gasteiger partial charge in [0.2, 0.25) is 0 Å². The van der Waals surface area contributed by atoms with Crippen molar-refractivity contribution >= 4 is 29.9 Å². The summed E-state index contributed by atoms with van der Waals surface area (Å²) >= 11 is 0. The lowest BCUT2D eigenvalue weighted by molar-refractivity contribution is 0.297. The average Bonchev–Trinajstić information content (AvgIpc) is 2.60. The minimum absolute atomic E-state index is 0. The highest BCUT2D eigenvalue weighted by molar-refractivity contribution is 14.0. The summed E-state index contributed by atoms with van der Waals surface area (Å²) in [7, 11) is 7.70. The molecule has 144 valence electrons. The molecule has 1 rings (SSSR count). The quantitative estimate of drug-likeness (QED) is 0.335. The molecular weight excluding hydrogens is 427 g/mol. The summed E-state index contributed by atoms with van der Waals surface area (Å²) in [5, 5.41) is 6.88. The molecule has 0 aliphatic heterocycles. The number of benzene rings is 1. The van der Waals surface area contributed by atoms with Crippen LogP contribution in [0.15, 0.2) is 29.3 Å². The number of rotatable bonds is 9. The van der Waals surface area contributed by atoms with Gasteiger partial charge in [-0.2, -0.15) is 0 Å². The number of nitrogens with zero attached hydrogens (tertiary/aromatic N) is 2. The Morgan fingerprint density at radius 2 is 1.80 bits per heavy atom. The summed E-state index contributed by atoms with van der Waals surface area (Å²) in [5.41, 5.74) is 1.22. The number of hydrogen-bond acceptors (Lipinski definition) is 3. The second kappa shape index (κ2) is 13.2. The molecule has 0 amide bonds. The highest BCUT2D eigenvalue weighted by Gasteiger charge is 2.15. The van der Waals surface area contributed by atoms with Crippen LogP contribution in [0.3, 0.4) is 0 Å². The number of likely N-dealkylation sites (N-methyl/N-ethyl adjacent to an activating group) is 1. The standard InChI is InChI=1S/C19H34N4O.HI/c1-7-15(8-2)13-21-19(20-3)22-14-18(23(4)5)16-10-9-11-17(12-16)24-6;/h9-12,15,18H,7-8,13-14H2,1-6H3,(H2,20,21,22);1H. The molecule has 6 heteroatoms. The molecule has 1 atom stereocenters. The third-order valence-corrected chi connectivity index (χ3v) is 4.50. The Bertz CT molecular complexity index is 504. The summed E-state index contributed by atoms with van der Waals surface area (Å²) < 4.78 is 5.35. The van der Waals surface area contributed by atoms with E-state index in [2.05, 4.69) is 60.6 Å². The smallest absolute Gasteiger partial charge is 0.191 e. The van der Waals surface area contributed by atoms with Crippen molar-refractivity contribution in [3.63, 3.8) is 0 Å². The lowest BCUT2D eigenvalue weighted by Crippen LogP contribution is -2.43. The van der Waals surface area contributed by atoms with E-state index in [4.69, 9.17) is 4.74 Å². The summed E-state index contributed by atoms with van der Waals surface area (Å²) in [5.74, 6) is 2.43. The number of guanidine groups is 1. The number of nitrogens with one attached hydrogen (secondary N) is 2. The molecule has 0 saturated heterocycles. The van der Waals surface area contributed by atoms with E-state index in [0.717, 1.165) is 24.8 Å². The first-order valence-electron chi connectivity index (χ1n) is 8.80. The maximum absolute atomic E-state index is 5.35. The minimum Gasteiger partial charge on any atom is -0.497 e. The first-order valence-corrected chi connectivity index (χ1v) is 8.80. The topological polar surface area (TPSA) is 48.9 Å². The van der Waals surface area contributed by atoms with Gasteiger partial charge in [0.25, 0.3) is 0 Å². The second-order valence-electron chi connectivity index (χ2n) is 6.27. The van der Waals surface area contributed by atoms with Gasteiger partial charge in [0.1, 0.15) is 5.75 Å². The largest absolute Gasteiger partial charge is 0.497 e. The maximum atomic E-state index is 5.35. The van der Waals surface area contributed by atoms with Crippen molar-refractivity contribution in [3.05, 3.63) is 29.8 Å². The lowest BCUT2D eigenvalue weighted by Gasteiger charge is -2.26. The van der Waals surface area contributed by atoms with Crippen LogP contribution >= 0.6 is 24.0 Å². The van der Waals surface area contributed by atoms with Gasteiger partial charge in [-0.3, -0.25) is 4.99 Å². The monoisotopic (exact) mass is 462 g/mol. The second-order valence-corrected chi connectivity index (χ2v) is 6.27. The van der Waals surface area contributed by atoms with Gasteiger partial charge < -0.3 is 20.3 Å². The van der Waals surface area contributed by atoms with E-state index in [0.29, 0.717) is 5.92 Å². The van der Waals surface area contributed by atoms with Gasteiger partial charge in [0.05, 0.1) is 13.2 Å². The molecule has 1 aromatic rings. The Balaban J connectivity index is 0.00000576. The highest BCUT2D eigenvalue weighted by atomic mass is 127. The molecule has 0 saturated carbocycles. The number of hydrogen-bond donors (Lipinski definition) is 2. The van der Waals surface area contributed by atoms with E-state index in [-0.39, 0.29) is 30.0 Å². The molecule has 0 spiro atoms. The number of halogens is 1. The van der Waals surface area contributed by atoms with E-state index < -0.39 is 0 Å². The van der Waals surface area contributed by atoms with Crippen molar-refractivity contribution < 1.29 is 4.74 Å². The van der Waals surface area contributed by atoms with Gasteiger partial charge in [-0.15, -0.1) is 24.0 Å². The van der Waals surface area contributed by atoms with Gasteiger partial charge in [-0.25, -0.2) is 0 Å². The average molecular weight is 462 g/mol. The van der Waals surface area contributed by atoms with Crippen LogP contribution in [0.5, 0.6) is 5.75 Å². The van der Waals surface area contributed by atoms with Crippen LogP contribution in [0.4, 0.5) is 0 Å². The summed E-state index contributed by atoms with van der Waals surface area (Å²) in [6, 6.07) is 8.47. The molecule has 0 aromatic heterocycles. The molecule has 0 aliphatic carbocycles. The van der Waals surface area contributed by atoms with Crippen molar-refractivity contribution in [3.8, 4) is 5.75 Å². The zero-order valence-corrected chi connectivity index (χ0v) is 18.8. The first-order chi connectivity index (χ1) is 11.5. The third kappa shape index (κ3) is 8.27. The molecule has 0 aliphatic rings. The molecule has 0 heterocycles. The van der Waals surface area contributed by atoms with Gasteiger partial charge in [-0.05, 0) is 37.7 Å². The number of aliphatic imine (C=N–C) groups is 1. The molecule has 0 fully saturated rings.